The second kappa shape index (κ2) is 7.38. The Morgan fingerprint density at radius 1 is 1.15 bits per heavy atom. The van der Waals surface area contributed by atoms with Gasteiger partial charge >= 0.3 is 0 Å². The van der Waals surface area contributed by atoms with E-state index in [0.717, 1.165) is 0 Å². The first-order valence-corrected chi connectivity index (χ1v) is 9.20. The summed E-state index contributed by atoms with van der Waals surface area (Å²) in [6, 6.07) is 4.96. The lowest BCUT2D eigenvalue weighted by Crippen LogP contribution is -2.43. The van der Waals surface area contributed by atoms with Crippen LogP contribution in [0, 0.1) is 5.92 Å². The molecule has 2 aromatic rings. The fourth-order valence-electron chi connectivity index (χ4n) is 3.59. The molecule has 3 heterocycles. The van der Waals surface area contributed by atoms with Crippen LogP contribution in [0.2, 0.25) is 0 Å². The van der Waals surface area contributed by atoms with Crippen LogP contribution in [0.5, 0.6) is 11.5 Å². The molecule has 0 saturated carbocycles. The van der Waals surface area contributed by atoms with E-state index in [2.05, 4.69) is 10.1 Å². The van der Waals surface area contributed by atoms with Crippen LogP contribution in [-0.2, 0) is 4.79 Å². The number of hydrogen-bond acceptors (Lipinski definition) is 6. The molecule has 2 aliphatic heterocycles. The van der Waals surface area contributed by atoms with Gasteiger partial charge in [0.25, 0.3) is 0 Å². The number of amides is 1. The number of carbonyl (C=O) groups is 2. The minimum absolute atomic E-state index is 0.00530. The van der Waals surface area contributed by atoms with Crippen molar-refractivity contribution in [1.29, 1.82) is 0 Å². The summed E-state index contributed by atoms with van der Waals surface area (Å²) in [6.45, 7) is 3.97. The Balaban J connectivity index is 1.37. The van der Waals surface area contributed by atoms with E-state index in [4.69, 9.17) is 9.47 Å². The third-order valence-corrected chi connectivity index (χ3v) is 5.19. The summed E-state index contributed by atoms with van der Waals surface area (Å²) in [7, 11) is 0. The van der Waals surface area contributed by atoms with Gasteiger partial charge in [0.1, 0.15) is 31.9 Å². The number of fused-ring (bicyclic) bond motifs is 1. The van der Waals surface area contributed by atoms with E-state index >= 15 is 0 Å². The number of aromatic nitrogens is 3. The molecule has 1 aromatic heterocycles. The van der Waals surface area contributed by atoms with E-state index in [1.165, 1.54) is 6.33 Å². The number of hydrogen-bond donors (Lipinski definition) is 0. The monoisotopic (exact) mass is 370 g/mol. The molecule has 1 fully saturated rings. The highest BCUT2D eigenvalue weighted by Gasteiger charge is 2.31. The number of carbonyl (C=O) groups excluding carboxylic acids is 2. The van der Waals surface area contributed by atoms with Gasteiger partial charge in [0.05, 0.1) is 0 Å². The maximum absolute atomic E-state index is 12.9. The zero-order chi connectivity index (χ0) is 18.8. The van der Waals surface area contributed by atoms with Crippen LogP contribution in [0.1, 0.15) is 36.2 Å². The lowest BCUT2D eigenvalue weighted by atomic mass is 9.88. The molecule has 2 aliphatic rings. The van der Waals surface area contributed by atoms with Crippen molar-refractivity contribution in [3.8, 4) is 11.5 Å². The fourth-order valence-corrected chi connectivity index (χ4v) is 3.59. The molecule has 0 aliphatic carbocycles. The Kier molecular flexibility index (Phi) is 4.79. The summed E-state index contributed by atoms with van der Waals surface area (Å²) >= 11 is 0. The molecule has 0 N–H and O–H groups in total. The SMILES string of the molecule is C[C@H](C(=O)N1CCC(C(=O)c2ccc3c(c2)OCCO3)CC1)n1cncn1. The number of nitrogens with zero attached hydrogens (tertiary/aromatic N) is 4. The summed E-state index contributed by atoms with van der Waals surface area (Å²) < 4.78 is 12.6. The summed E-state index contributed by atoms with van der Waals surface area (Å²) in [5.74, 6) is 1.33. The van der Waals surface area contributed by atoms with Crippen LogP contribution >= 0.6 is 0 Å². The molecule has 27 heavy (non-hydrogen) atoms. The van der Waals surface area contributed by atoms with Gasteiger partial charge in [0.2, 0.25) is 5.91 Å². The predicted octanol–water partition coefficient (Wildman–Crippen LogP) is 1.73. The van der Waals surface area contributed by atoms with Gasteiger partial charge < -0.3 is 14.4 Å². The van der Waals surface area contributed by atoms with Crippen molar-refractivity contribution in [3.05, 3.63) is 36.4 Å². The van der Waals surface area contributed by atoms with E-state index in [1.807, 2.05) is 6.92 Å². The molecule has 1 aromatic carbocycles. The van der Waals surface area contributed by atoms with Crippen molar-refractivity contribution < 1.29 is 19.1 Å². The molecule has 0 spiro atoms. The second-order valence-corrected chi connectivity index (χ2v) is 6.87. The normalized spacial score (nSPS) is 18.2. The van der Waals surface area contributed by atoms with E-state index in [9.17, 15) is 9.59 Å². The quantitative estimate of drug-likeness (QED) is 0.762. The fraction of sp³-hybridized carbons (Fsp3) is 0.474. The Morgan fingerprint density at radius 3 is 2.59 bits per heavy atom. The molecular formula is C19H22N4O4. The minimum atomic E-state index is -0.391. The van der Waals surface area contributed by atoms with Gasteiger partial charge in [-0.3, -0.25) is 9.59 Å². The Bertz CT molecular complexity index is 828. The molecule has 8 heteroatoms. The molecule has 142 valence electrons. The average Bonchev–Trinajstić information content (AvgIpc) is 3.27. The van der Waals surface area contributed by atoms with Gasteiger partial charge in [0, 0.05) is 24.6 Å². The number of benzene rings is 1. The first kappa shape index (κ1) is 17.5. The van der Waals surface area contributed by atoms with E-state index < -0.39 is 6.04 Å². The second-order valence-electron chi connectivity index (χ2n) is 6.87. The van der Waals surface area contributed by atoms with Crippen molar-refractivity contribution in [2.24, 2.45) is 5.92 Å². The van der Waals surface area contributed by atoms with Crippen molar-refractivity contribution in [1.82, 2.24) is 19.7 Å². The van der Waals surface area contributed by atoms with Crippen LogP contribution in [-0.4, -0.2) is 57.7 Å². The first-order valence-electron chi connectivity index (χ1n) is 9.20. The Labute approximate surface area is 157 Å². The summed E-state index contributed by atoms with van der Waals surface area (Å²) in [6.07, 6.45) is 4.27. The largest absolute Gasteiger partial charge is 0.486 e. The van der Waals surface area contributed by atoms with Crippen molar-refractivity contribution in [2.45, 2.75) is 25.8 Å². The van der Waals surface area contributed by atoms with Gasteiger partial charge in [-0.1, -0.05) is 0 Å². The van der Waals surface area contributed by atoms with Gasteiger partial charge in [-0.25, -0.2) is 9.67 Å². The Morgan fingerprint density at radius 2 is 1.89 bits per heavy atom. The average molecular weight is 370 g/mol. The topological polar surface area (TPSA) is 86.5 Å². The smallest absolute Gasteiger partial charge is 0.247 e. The van der Waals surface area contributed by atoms with E-state index in [0.29, 0.717) is 56.2 Å². The summed E-state index contributed by atoms with van der Waals surface area (Å²) in [5.41, 5.74) is 0.639. The van der Waals surface area contributed by atoms with Crippen LogP contribution in [0.25, 0.3) is 0 Å². The molecule has 4 rings (SSSR count). The molecule has 0 unspecified atom stereocenters. The number of ether oxygens (including phenoxy) is 2. The lowest BCUT2D eigenvalue weighted by Gasteiger charge is -2.33. The maximum atomic E-state index is 12.9. The number of ketones is 1. The van der Waals surface area contributed by atoms with Crippen molar-refractivity contribution in [3.63, 3.8) is 0 Å². The third kappa shape index (κ3) is 3.51. The van der Waals surface area contributed by atoms with Gasteiger partial charge in [-0.05, 0) is 38.0 Å². The Hall–Kier alpha value is -2.90. The van der Waals surface area contributed by atoms with Gasteiger partial charge in [-0.15, -0.1) is 0 Å². The van der Waals surface area contributed by atoms with Crippen LogP contribution < -0.4 is 9.47 Å². The molecule has 1 saturated heterocycles. The zero-order valence-electron chi connectivity index (χ0n) is 15.2. The summed E-state index contributed by atoms with van der Waals surface area (Å²) in [4.78, 5) is 31.2. The molecule has 8 nitrogen and oxygen atoms in total. The van der Waals surface area contributed by atoms with Gasteiger partial charge in [-0.2, -0.15) is 5.10 Å². The molecular weight excluding hydrogens is 348 g/mol. The lowest BCUT2D eigenvalue weighted by molar-refractivity contribution is -0.135. The number of likely N-dealkylation sites (tertiary alicyclic amines) is 1. The van der Waals surface area contributed by atoms with Gasteiger partial charge in [0.15, 0.2) is 17.3 Å². The highest BCUT2D eigenvalue weighted by atomic mass is 16.6. The minimum Gasteiger partial charge on any atom is -0.486 e. The van der Waals surface area contributed by atoms with E-state index in [1.54, 1.807) is 34.1 Å². The first-order chi connectivity index (χ1) is 13.1. The molecule has 1 atom stereocenters. The standard InChI is InChI=1S/C19H22N4O4/c1-13(23-12-20-11-21-23)19(25)22-6-4-14(5-7-22)18(24)15-2-3-16-17(10-15)27-9-8-26-16/h2-3,10-14H,4-9H2,1H3/t13-/m1/s1. The molecule has 0 bridgehead atoms. The van der Waals surface area contributed by atoms with Crippen LogP contribution in [0.15, 0.2) is 30.9 Å². The number of rotatable bonds is 4. The third-order valence-electron chi connectivity index (χ3n) is 5.19. The van der Waals surface area contributed by atoms with E-state index in [-0.39, 0.29) is 17.6 Å². The van der Waals surface area contributed by atoms with Crippen molar-refractivity contribution >= 4 is 11.7 Å². The summed E-state index contributed by atoms with van der Waals surface area (Å²) in [5, 5.41) is 4.03. The van der Waals surface area contributed by atoms with Crippen LogP contribution in [0.4, 0.5) is 0 Å². The molecule has 0 radical (unpaired) electrons. The van der Waals surface area contributed by atoms with Crippen molar-refractivity contribution in [2.75, 3.05) is 26.3 Å². The predicted molar refractivity (Wildman–Crippen MR) is 95.8 cm³/mol. The number of piperidine rings is 1. The van der Waals surface area contributed by atoms with Crippen LogP contribution in [0.3, 0.4) is 0 Å². The highest BCUT2D eigenvalue weighted by molar-refractivity contribution is 5.98. The number of Topliss-reactive ketones (excluding diaryl/α,β-unsaturated/α-hetero) is 1. The maximum Gasteiger partial charge on any atom is 0.247 e. The highest BCUT2D eigenvalue weighted by Crippen LogP contribution is 2.32. The zero-order valence-corrected chi connectivity index (χ0v) is 15.2. The molecule has 1 amide bonds.